The van der Waals surface area contributed by atoms with E-state index in [1.807, 2.05) is 36.6 Å². The van der Waals surface area contributed by atoms with Gasteiger partial charge in [-0.3, -0.25) is 9.59 Å². The summed E-state index contributed by atoms with van der Waals surface area (Å²) < 4.78 is 10.8. The molecular weight excluding hydrogens is 388 g/mol. The smallest absolute Gasteiger partial charge is 0.325 e. The number of esters is 1. The van der Waals surface area contributed by atoms with Gasteiger partial charge in [0.05, 0.1) is 17.3 Å². The molecule has 1 aromatic heterocycles. The Morgan fingerprint density at radius 3 is 2.86 bits per heavy atom. The zero-order chi connectivity index (χ0) is 20.6. The highest BCUT2D eigenvalue weighted by atomic mass is 32.1. The minimum Gasteiger partial charge on any atom is -0.487 e. The molecule has 1 aliphatic carbocycles. The van der Waals surface area contributed by atoms with Crippen molar-refractivity contribution in [3.8, 4) is 5.75 Å². The second-order valence-corrected chi connectivity index (χ2v) is 8.08. The topological polar surface area (TPSA) is 68.7 Å². The molecule has 1 aliphatic rings. The van der Waals surface area contributed by atoms with E-state index in [1.54, 1.807) is 29.2 Å². The highest BCUT2D eigenvalue weighted by Gasteiger charge is 2.27. The molecule has 0 radical (unpaired) electrons. The van der Waals surface area contributed by atoms with E-state index in [1.165, 1.54) is 6.08 Å². The van der Waals surface area contributed by atoms with Crippen molar-refractivity contribution in [3.05, 3.63) is 52.0 Å². The van der Waals surface area contributed by atoms with Gasteiger partial charge < -0.3 is 14.4 Å². The third-order valence-corrected chi connectivity index (χ3v) is 5.26. The molecule has 0 bridgehead atoms. The van der Waals surface area contributed by atoms with E-state index >= 15 is 0 Å². The van der Waals surface area contributed by atoms with Gasteiger partial charge in [-0.25, -0.2) is 4.98 Å². The molecule has 3 rings (SSSR count). The Bertz CT molecular complexity index is 873. The summed E-state index contributed by atoms with van der Waals surface area (Å²) in [5.41, 5.74) is 1.76. The van der Waals surface area contributed by atoms with Crippen molar-refractivity contribution in [2.24, 2.45) is 5.92 Å². The number of benzene rings is 1. The first-order valence-electron chi connectivity index (χ1n) is 9.80. The Morgan fingerprint density at radius 2 is 2.17 bits per heavy atom. The van der Waals surface area contributed by atoms with Crippen molar-refractivity contribution in [1.82, 2.24) is 9.88 Å². The summed E-state index contributed by atoms with van der Waals surface area (Å²) in [6.07, 6.45) is 5.46. The number of aromatic nitrogens is 1. The fourth-order valence-corrected chi connectivity index (χ4v) is 3.42. The molecule has 6 nitrogen and oxygen atoms in total. The number of carbonyl (C=O) groups excluding carboxylic acids is 2. The van der Waals surface area contributed by atoms with Crippen LogP contribution in [0.2, 0.25) is 0 Å². The van der Waals surface area contributed by atoms with E-state index in [-0.39, 0.29) is 18.4 Å². The SMILES string of the molecule is CCOC(=O)CN(CC1CC1)C(=O)/C=C/c1cccc(OCc2csc(C)n2)c1. The molecular formula is C22H26N2O4S. The van der Waals surface area contributed by atoms with E-state index in [0.717, 1.165) is 29.1 Å². The number of rotatable bonds is 10. The van der Waals surface area contributed by atoms with Gasteiger partial charge in [-0.2, -0.15) is 0 Å². The van der Waals surface area contributed by atoms with Gasteiger partial charge >= 0.3 is 5.97 Å². The summed E-state index contributed by atoms with van der Waals surface area (Å²) in [6.45, 7) is 5.03. The van der Waals surface area contributed by atoms with Crippen molar-refractivity contribution in [2.45, 2.75) is 33.3 Å². The van der Waals surface area contributed by atoms with Crippen LogP contribution < -0.4 is 4.74 Å². The van der Waals surface area contributed by atoms with Gasteiger partial charge in [0, 0.05) is 18.0 Å². The number of carbonyl (C=O) groups is 2. The Hall–Kier alpha value is -2.67. The Labute approximate surface area is 175 Å². The fraction of sp³-hybridized carbons (Fsp3) is 0.409. The quantitative estimate of drug-likeness (QED) is 0.436. The molecule has 1 aromatic carbocycles. The molecule has 0 atom stereocenters. The normalized spacial score (nSPS) is 13.4. The van der Waals surface area contributed by atoms with Crippen LogP contribution in [0.4, 0.5) is 0 Å². The average Bonchev–Trinajstić information content (AvgIpc) is 3.43. The number of ether oxygens (including phenoxy) is 2. The molecule has 29 heavy (non-hydrogen) atoms. The molecule has 154 valence electrons. The van der Waals surface area contributed by atoms with Crippen molar-refractivity contribution in [2.75, 3.05) is 19.7 Å². The standard InChI is InChI=1S/C22H26N2O4S/c1-3-27-22(26)13-24(12-18-7-8-18)21(25)10-9-17-5-4-6-20(11-17)28-14-19-15-29-16(2)23-19/h4-6,9-11,15,18H,3,7-8,12-14H2,1-2H3/b10-9+. The molecule has 0 spiro atoms. The van der Waals surface area contributed by atoms with Crippen molar-refractivity contribution in [3.63, 3.8) is 0 Å². The maximum Gasteiger partial charge on any atom is 0.325 e. The fourth-order valence-electron chi connectivity index (χ4n) is 2.82. The van der Waals surface area contributed by atoms with E-state index in [0.29, 0.717) is 31.4 Å². The number of aryl methyl sites for hydroxylation is 1. The highest BCUT2D eigenvalue weighted by Crippen LogP contribution is 2.29. The number of nitrogens with zero attached hydrogens (tertiary/aromatic N) is 2. The first-order valence-corrected chi connectivity index (χ1v) is 10.7. The first-order chi connectivity index (χ1) is 14.0. The van der Waals surface area contributed by atoms with Crippen molar-refractivity contribution >= 4 is 29.3 Å². The third kappa shape index (κ3) is 7.02. The first kappa shape index (κ1) is 21.0. The van der Waals surface area contributed by atoms with Crippen LogP contribution in [0.3, 0.4) is 0 Å². The van der Waals surface area contributed by atoms with Crippen LogP contribution in [0.1, 0.15) is 36.0 Å². The van der Waals surface area contributed by atoms with Crippen LogP contribution >= 0.6 is 11.3 Å². The maximum absolute atomic E-state index is 12.6. The molecule has 0 N–H and O–H groups in total. The van der Waals surface area contributed by atoms with Crippen molar-refractivity contribution < 1.29 is 19.1 Å². The summed E-state index contributed by atoms with van der Waals surface area (Å²) in [6, 6.07) is 7.53. The molecule has 7 heteroatoms. The largest absolute Gasteiger partial charge is 0.487 e. The van der Waals surface area contributed by atoms with E-state index in [2.05, 4.69) is 4.98 Å². The van der Waals surface area contributed by atoms with Crippen LogP contribution in [0.5, 0.6) is 5.75 Å². The Morgan fingerprint density at radius 1 is 1.34 bits per heavy atom. The predicted molar refractivity (Wildman–Crippen MR) is 113 cm³/mol. The average molecular weight is 415 g/mol. The lowest BCUT2D eigenvalue weighted by atomic mass is 10.2. The summed E-state index contributed by atoms with van der Waals surface area (Å²) >= 11 is 1.59. The summed E-state index contributed by atoms with van der Waals surface area (Å²) in [4.78, 5) is 30.4. The lowest BCUT2D eigenvalue weighted by Gasteiger charge is -2.19. The van der Waals surface area contributed by atoms with Gasteiger partial charge in [0.15, 0.2) is 0 Å². The van der Waals surface area contributed by atoms with Gasteiger partial charge in [-0.1, -0.05) is 12.1 Å². The third-order valence-electron chi connectivity index (χ3n) is 4.44. The predicted octanol–water partition coefficient (Wildman–Crippen LogP) is 3.85. The number of amides is 1. The summed E-state index contributed by atoms with van der Waals surface area (Å²) in [5.74, 6) is 0.649. The van der Waals surface area contributed by atoms with E-state index in [9.17, 15) is 9.59 Å². The maximum atomic E-state index is 12.6. The van der Waals surface area contributed by atoms with Crippen LogP contribution in [-0.4, -0.2) is 41.5 Å². The monoisotopic (exact) mass is 414 g/mol. The number of hydrogen-bond acceptors (Lipinski definition) is 6. The van der Waals surface area contributed by atoms with Crippen LogP contribution in [0, 0.1) is 12.8 Å². The molecule has 0 aliphatic heterocycles. The molecule has 0 saturated heterocycles. The van der Waals surface area contributed by atoms with Crippen LogP contribution in [0.25, 0.3) is 6.08 Å². The molecule has 1 heterocycles. The lowest BCUT2D eigenvalue weighted by molar-refractivity contribution is -0.147. The van der Waals surface area contributed by atoms with Gasteiger partial charge in [-0.05, 0) is 56.4 Å². The van der Waals surface area contributed by atoms with E-state index in [4.69, 9.17) is 9.47 Å². The number of thiazole rings is 1. The molecule has 0 unspecified atom stereocenters. The van der Waals surface area contributed by atoms with Gasteiger partial charge in [0.25, 0.3) is 0 Å². The molecule has 2 aromatic rings. The highest BCUT2D eigenvalue weighted by molar-refractivity contribution is 7.09. The van der Waals surface area contributed by atoms with Gasteiger partial charge in [0.1, 0.15) is 18.9 Å². The second-order valence-electron chi connectivity index (χ2n) is 7.02. The van der Waals surface area contributed by atoms with Crippen LogP contribution in [-0.2, 0) is 20.9 Å². The zero-order valence-electron chi connectivity index (χ0n) is 16.8. The lowest BCUT2D eigenvalue weighted by Crippen LogP contribution is -2.36. The zero-order valence-corrected chi connectivity index (χ0v) is 17.6. The minimum atomic E-state index is -0.373. The van der Waals surface area contributed by atoms with Crippen LogP contribution in [0.15, 0.2) is 35.7 Å². The molecule has 1 amide bonds. The molecule has 1 fully saturated rings. The summed E-state index contributed by atoms with van der Waals surface area (Å²) in [5, 5.41) is 2.99. The van der Waals surface area contributed by atoms with Gasteiger partial charge in [0.2, 0.25) is 5.91 Å². The Kier molecular flexibility index (Phi) is 7.41. The Balaban J connectivity index is 1.59. The molecule has 1 saturated carbocycles. The minimum absolute atomic E-state index is 0.0102. The second kappa shape index (κ2) is 10.2. The summed E-state index contributed by atoms with van der Waals surface area (Å²) in [7, 11) is 0. The van der Waals surface area contributed by atoms with Crippen molar-refractivity contribution in [1.29, 1.82) is 0 Å². The number of hydrogen-bond donors (Lipinski definition) is 0. The van der Waals surface area contributed by atoms with E-state index < -0.39 is 0 Å². The van der Waals surface area contributed by atoms with Gasteiger partial charge in [-0.15, -0.1) is 11.3 Å².